The van der Waals surface area contributed by atoms with Crippen molar-refractivity contribution in [2.45, 2.75) is 17.1 Å². The van der Waals surface area contributed by atoms with Crippen molar-refractivity contribution in [1.82, 2.24) is 10.1 Å². The Morgan fingerprint density at radius 2 is 1.86 bits per heavy atom. The molecular weight excluding hydrogens is 386 g/mol. The minimum Gasteiger partial charge on any atom is -0.495 e. The molecule has 7 heteroatoms. The van der Waals surface area contributed by atoms with Crippen LogP contribution in [0.3, 0.4) is 0 Å². The van der Waals surface area contributed by atoms with Gasteiger partial charge in [-0.05, 0) is 35.0 Å². The number of hydrogen-bond acceptors (Lipinski definition) is 6. The van der Waals surface area contributed by atoms with E-state index in [9.17, 15) is 4.79 Å². The SMILES string of the molecule is COc1ccccc1NC(=O)Cc1noc(CSc2ccc3ccccc3c2)n1. The Labute approximate surface area is 172 Å². The minimum absolute atomic E-state index is 0.0300. The third-order valence-electron chi connectivity index (χ3n) is 4.29. The van der Waals surface area contributed by atoms with Crippen LogP contribution in [0.2, 0.25) is 0 Å². The molecule has 0 bridgehead atoms. The highest BCUT2D eigenvalue weighted by molar-refractivity contribution is 7.98. The van der Waals surface area contributed by atoms with Crippen molar-refractivity contribution >= 4 is 34.1 Å². The number of nitrogens with one attached hydrogen (secondary N) is 1. The van der Waals surface area contributed by atoms with Crippen molar-refractivity contribution < 1.29 is 14.1 Å². The normalized spacial score (nSPS) is 10.8. The van der Waals surface area contributed by atoms with E-state index in [4.69, 9.17) is 9.26 Å². The molecule has 0 fully saturated rings. The second kappa shape index (κ2) is 8.79. The van der Waals surface area contributed by atoms with Gasteiger partial charge in [0.15, 0.2) is 5.82 Å². The van der Waals surface area contributed by atoms with Crippen molar-refractivity contribution in [2.24, 2.45) is 0 Å². The number of thioether (sulfide) groups is 1. The molecule has 4 aromatic rings. The van der Waals surface area contributed by atoms with Gasteiger partial charge >= 0.3 is 0 Å². The Bertz CT molecular complexity index is 1140. The Morgan fingerprint density at radius 3 is 2.72 bits per heavy atom. The molecule has 1 heterocycles. The summed E-state index contributed by atoms with van der Waals surface area (Å²) >= 11 is 1.61. The summed E-state index contributed by atoms with van der Waals surface area (Å²) in [5.74, 6) is 1.75. The number of carbonyl (C=O) groups excluding carboxylic acids is 1. The van der Waals surface area contributed by atoms with Crippen molar-refractivity contribution in [3.8, 4) is 5.75 Å². The van der Waals surface area contributed by atoms with Gasteiger partial charge in [-0.15, -0.1) is 11.8 Å². The first-order valence-corrected chi connectivity index (χ1v) is 10.1. The molecular formula is C22H19N3O3S. The fourth-order valence-corrected chi connectivity index (χ4v) is 3.69. The molecule has 4 rings (SSSR count). The Balaban J connectivity index is 1.34. The number of anilines is 1. The van der Waals surface area contributed by atoms with Crippen LogP contribution in [-0.2, 0) is 17.0 Å². The minimum atomic E-state index is -0.232. The van der Waals surface area contributed by atoms with Crippen LogP contribution in [-0.4, -0.2) is 23.2 Å². The van der Waals surface area contributed by atoms with E-state index in [1.807, 2.05) is 24.3 Å². The van der Waals surface area contributed by atoms with Gasteiger partial charge in [-0.25, -0.2) is 0 Å². The number of para-hydroxylation sites is 2. The standard InChI is InChI=1S/C22H19N3O3S/c1-27-19-9-5-4-8-18(19)23-21(26)13-20-24-22(28-25-20)14-29-17-11-10-15-6-2-3-7-16(15)12-17/h2-12H,13-14H2,1H3,(H,23,26). The smallest absolute Gasteiger partial charge is 0.237 e. The number of methoxy groups -OCH3 is 1. The van der Waals surface area contributed by atoms with Gasteiger partial charge < -0.3 is 14.6 Å². The predicted octanol–water partition coefficient (Wildman–Crippen LogP) is 4.70. The van der Waals surface area contributed by atoms with E-state index in [1.54, 1.807) is 31.0 Å². The number of benzene rings is 3. The number of amides is 1. The molecule has 29 heavy (non-hydrogen) atoms. The highest BCUT2D eigenvalue weighted by Crippen LogP contribution is 2.26. The first-order valence-electron chi connectivity index (χ1n) is 9.07. The van der Waals surface area contributed by atoms with Crippen LogP contribution in [0.5, 0.6) is 5.75 Å². The number of hydrogen-bond donors (Lipinski definition) is 1. The van der Waals surface area contributed by atoms with E-state index in [2.05, 4.69) is 45.8 Å². The predicted molar refractivity (Wildman–Crippen MR) is 113 cm³/mol. The van der Waals surface area contributed by atoms with Crippen LogP contribution >= 0.6 is 11.8 Å². The summed E-state index contributed by atoms with van der Waals surface area (Å²) in [6.45, 7) is 0. The van der Waals surface area contributed by atoms with Crippen molar-refractivity contribution in [3.63, 3.8) is 0 Å². The van der Waals surface area contributed by atoms with Gasteiger partial charge in [0.25, 0.3) is 0 Å². The van der Waals surface area contributed by atoms with Crippen molar-refractivity contribution in [3.05, 3.63) is 78.4 Å². The summed E-state index contributed by atoms with van der Waals surface area (Å²) in [4.78, 5) is 17.7. The van der Waals surface area contributed by atoms with E-state index in [-0.39, 0.29) is 12.3 Å². The fourth-order valence-electron chi connectivity index (χ4n) is 2.91. The lowest BCUT2D eigenvalue weighted by Gasteiger charge is -2.08. The Morgan fingerprint density at radius 1 is 1.07 bits per heavy atom. The molecule has 0 aliphatic heterocycles. The summed E-state index contributed by atoms with van der Waals surface area (Å²) in [6.07, 6.45) is 0.0300. The Hall–Kier alpha value is -3.32. The van der Waals surface area contributed by atoms with E-state index in [0.717, 1.165) is 4.90 Å². The lowest BCUT2D eigenvalue weighted by atomic mass is 10.1. The molecule has 0 atom stereocenters. The third kappa shape index (κ3) is 4.75. The molecule has 1 amide bonds. The van der Waals surface area contributed by atoms with Crippen LogP contribution in [0.4, 0.5) is 5.69 Å². The summed E-state index contributed by atoms with van der Waals surface area (Å²) in [6, 6.07) is 21.8. The monoisotopic (exact) mass is 405 g/mol. The van der Waals surface area contributed by atoms with E-state index in [0.29, 0.717) is 28.9 Å². The summed E-state index contributed by atoms with van der Waals surface area (Å²) < 4.78 is 10.5. The number of ether oxygens (including phenoxy) is 1. The molecule has 3 aromatic carbocycles. The lowest BCUT2D eigenvalue weighted by Crippen LogP contribution is -2.15. The summed E-state index contributed by atoms with van der Waals surface area (Å²) in [7, 11) is 1.56. The highest BCUT2D eigenvalue weighted by Gasteiger charge is 2.13. The number of aromatic nitrogens is 2. The summed E-state index contributed by atoms with van der Waals surface area (Å²) in [5, 5.41) is 9.11. The molecule has 0 unspecified atom stereocenters. The maximum atomic E-state index is 12.3. The van der Waals surface area contributed by atoms with Gasteiger partial charge in [0.1, 0.15) is 5.75 Å². The molecule has 0 saturated carbocycles. The number of rotatable bonds is 7. The van der Waals surface area contributed by atoms with Gasteiger partial charge in [0.2, 0.25) is 11.8 Å². The third-order valence-corrected chi connectivity index (χ3v) is 5.27. The van der Waals surface area contributed by atoms with E-state index >= 15 is 0 Å². The molecule has 146 valence electrons. The number of nitrogens with zero attached hydrogens (tertiary/aromatic N) is 2. The first-order chi connectivity index (χ1) is 14.2. The first kappa shape index (κ1) is 19.0. The van der Waals surface area contributed by atoms with Gasteiger partial charge in [0.05, 0.1) is 25.0 Å². The molecule has 0 aliphatic carbocycles. The second-order valence-electron chi connectivity index (χ2n) is 6.33. The largest absolute Gasteiger partial charge is 0.495 e. The average molecular weight is 405 g/mol. The Kier molecular flexibility index (Phi) is 5.76. The average Bonchev–Trinajstić information content (AvgIpc) is 3.19. The molecule has 6 nitrogen and oxygen atoms in total. The maximum absolute atomic E-state index is 12.3. The van der Waals surface area contributed by atoms with Crippen LogP contribution in [0.25, 0.3) is 10.8 Å². The van der Waals surface area contributed by atoms with Gasteiger partial charge in [-0.3, -0.25) is 4.79 Å². The molecule has 0 aliphatic rings. The molecule has 1 aromatic heterocycles. The maximum Gasteiger partial charge on any atom is 0.237 e. The zero-order valence-corrected chi connectivity index (χ0v) is 16.6. The summed E-state index contributed by atoms with van der Waals surface area (Å²) in [5.41, 5.74) is 0.607. The van der Waals surface area contributed by atoms with E-state index < -0.39 is 0 Å². The molecule has 0 saturated heterocycles. The van der Waals surface area contributed by atoms with Crippen LogP contribution < -0.4 is 10.1 Å². The fraction of sp³-hybridized carbons (Fsp3) is 0.136. The van der Waals surface area contributed by atoms with Crippen LogP contribution in [0, 0.1) is 0 Å². The van der Waals surface area contributed by atoms with Gasteiger partial charge in [-0.2, -0.15) is 4.98 Å². The number of fused-ring (bicyclic) bond motifs is 1. The van der Waals surface area contributed by atoms with Crippen molar-refractivity contribution in [1.29, 1.82) is 0 Å². The lowest BCUT2D eigenvalue weighted by molar-refractivity contribution is -0.115. The molecule has 0 radical (unpaired) electrons. The van der Waals surface area contributed by atoms with Crippen molar-refractivity contribution in [2.75, 3.05) is 12.4 Å². The van der Waals surface area contributed by atoms with Crippen LogP contribution in [0.15, 0.2) is 76.1 Å². The zero-order chi connectivity index (χ0) is 20.1. The molecule has 1 N–H and O–H groups in total. The van der Waals surface area contributed by atoms with Gasteiger partial charge in [0, 0.05) is 4.90 Å². The van der Waals surface area contributed by atoms with Crippen LogP contribution in [0.1, 0.15) is 11.7 Å². The van der Waals surface area contributed by atoms with Gasteiger partial charge in [-0.1, -0.05) is 47.6 Å². The second-order valence-corrected chi connectivity index (χ2v) is 7.38. The molecule has 0 spiro atoms. The zero-order valence-electron chi connectivity index (χ0n) is 15.8. The van der Waals surface area contributed by atoms with E-state index in [1.165, 1.54) is 10.8 Å². The number of carbonyl (C=O) groups is 1. The topological polar surface area (TPSA) is 77.2 Å². The quantitative estimate of drug-likeness (QED) is 0.449. The highest BCUT2D eigenvalue weighted by atomic mass is 32.2.